The lowest BCUT2D eigenvalue weighted by molar-refractivity contribution is 0.0753. The number of carbonyl (C=O) groups is 1. The number of rotatable bonds is 5. The summed E-state index contributed by atoms with van der Waals surface area (Å²) in [4.78, 5) is 16.5. The number of thiophene rings is 1. The van der Waals surface area contributed by atoms with Crippen LogP contribution in [0.5, 0.6) is 0 Å². The van der Waals surface area contributed by atoms with Crippen LogP contribution < -0.4 is 5.73 Å². The summed E-state index contributed by atoms with van der Waals surface area (Å²) < 4.78 is 1.81. The van der Waals surface area contributed by atoms with Gasteiger partial charge in [0.15, 0.2) is 0 Å². The van der Waals surface area contributed by atoms with Crippen molar-refractivity contribution in [2.45, 2.75) is 33.1 Å². The van der Waals surface area contributed by atoms with Crippen molar-refractivity contribution in [3.05, 3.63) is 10.6 Å². The largest absolute Gasteiger partial charge is 0.397 e. The first-order valence-electron chi connectivity index (χ1n) is 7.53. The maximum atomic E-state index is 12.8. The monoisotopic (exact) mass is 306 g/mol. The Labute approximate surface area is 128 Å². The minimum atomic E-state index is 0.0850. The molecule has 5 nitrogen and oxygen atoms in total. The average Bonchev–Trinajstić information content (AvgIpc) is 3.12. The van der Waals surface area contributed by atoms with Gasteiger partial charge >= 0.3 is 0 Å². The predicted molar refractivity (Wildman–Crippen MR) is 86.7 cm³/mol. The molecule has 21 heavy (non-hydrogen) atoms. The molecule has 0 saturated heterocycles. The SMILES string of the molecule is CCCN(CC1CC1)C(=O)c1sc2c(c(C)nn2C)c1N. The Bertz CT molecular complexity index is 683. The Kier molecular flexibility index (Phi) is 3.65. The fourth-order valence-corrected chi connectivity index (χ4v) is 3.94. The van der Waals surface area contributed by atoms with E-state index in [1.807, 2.05) is 23.6 Å². The number of hydrogen-bond donors (Lipinski definition) is 1. The molecular formula is C15H22N4OS. The molecule has 3 rings (SSSR count). The first kappa shape index (κ1) is 14.4. The van der Waals surface area contributed by atoms with E-state index < -0.39 is 0 Å². The third-order valence-corrected chi connectivity index (χ3v) is 5.29. The molecule has 0 aliphatic heterocycles. The summed E-state index contributed by atoms with van der Waals surface area (Å²) in [5, 5.41) is 5.31. The zero-order valence-corrected chi connectivity index (χ0v) is 13.7. The normalized spacial score (nSPS) is 14.8. The van der Waals surface area contributed by atoms with Gasteiger partial charge in [0.1, 0.15) is 9.71 Å². The van der Waals surface area contributed by atoms with Crippen LogP contribution in [0.4, 0.5) is 5.69 Å². The molecule has 0 spiro atoms. The summed E-state index contributed by atoms with van der Waals surface area (Å²) in [5.41, 5.74) is 7.74. The fraction of sp³-hybridized carbons (Fsp3) is 0.600. The molecule has 0 bridgehead atoms. The van der Waals surface area contributed by atoms with Gasteiger partial charge in [-0.25, -0.2) is 0 Å². The number of nitrogens with zero attached hydrogens (tertiary/aromatic N) is 3. The summed E-state index contributed by atoms with van der Waals surface area (Å²) in [7, 11) is 1.90. The van der Waals surface area contributed by atoms with Crippen LogP contribution in [0, 0.1) is 12.8 Å². The molecule has 0 radical (unpaired) electrons. The molecule has 0 unspecified atom stereocenters. The van der Waals surface area contributed by atoms with E-state index in [0.29, 0.717) is 16.5 Å². The highest BCUT2D eigenvalue weighted by molar-refractivity contribution is 7.21. The molecule has 114 valence electrons. The van der Waals surface area contributed by atoms with Gasteiger partial charge in [-0.2, -0.15) is 5.10 Å². The first-order valence-corrected chi connectivity index (χ1v) is 8.35. The molecular weight excluding hydrogens is 284 g/mol. The van der Waals surface area contributed by atoms with Gasteiger partial charge in [0.2, 0.25) is 0 Å². The highest BCUT2D eigenvalue weighted by Crippen LogP contribution is 2.37. The van der Waals surface area contributed by atoms with E-state index >= 15 is 0 Å². The topological polar surface area (TPSA) is 64.2 Å². The van der Waals surface area contributed by atoms with E-state index in [-0.39, 0.29) is 5.91 Å². The zero-order chi connectivity index (χ0) is 15.1. The second kappa shape index (κ2) is 5.33. The number of amides is 1. The Hall–Kier alpha value is -1.56. The third-order valence-electron chi connectivity index (χ3n) is 4.03. The van der Waals surface area contributed by atoms with Gasteiger partial charge in [0, 0.05) is 20.1 Å². The van der Waals surface area contributed by atoms with E-state index in [0.717, 1.165) is 35.4 Å². The number of nitrogens with two attached hydrogens (primary N) is 1. The Morgan fingerprint density at radius 2 is 2.24 bits per heavy atom. The third kappa shape index (κ3) is 2.52. The van der Waals surface area contributed by atoms with Crippen LogP contribution in [0.15, 0.2) is 0 Å². The van der Waals surface area contributed by atoms with E-state index in [4.69, 9.17) is 5.73 Å². The summed E-state index contributed by atoms with van der Waals surface area (Å²) in [6, 6.07) is 0. The van der Waals surface area contributed by atoms with Gasteiger partial charge in [-0.05, 0) is 32.1 Å². The first-order chi connectivity index (χ1) is 10.0. The van der Waals surface area contributed by atoms with Crippen molar-refractivity contribution in [2.75, 3.05) is 18.8 Å². The van der Waals surface area contributed by atoms with Gasteiger partial charge in [-0.15, -0.1) is 11.3 Å². The molecule has 1 saturated carbocycles. The molecule has 0 atom stereocenters. The summed E-state index contributed by atoms with van der Waals surface area (Å²) in [5.74, 6) is 0.779. The fourth-order valence-electron chi connectivity index (χ4n) is 2.79. The quantitative estimate of drug-likeness (QED) is 0.924. The molecule has 0 aromatic carbocycles. The maximum absolute atomic E-state index is 12.8. The van der Waals surface area contributed by atoms with E-state index in [1.54, 1.807) is 0 Å². The van der Waals surface area contributed by atoms with Crippen LogP contribution in [0.2, 0.25) is 0 Å². The van der Waals surface area contributed by atoms with Crippen molar-refractivity contribution in [1.29, 1.82) is 0 Å². The standard InChI is InChI=1S/C15H22N4OS/c1-4-7-19(8-10-5-6-10)14(20)13-12(16)11-9(2)17-18(3)15(11)21-13/h10H,4-8,16H2,1-3H3. The smallest absolute Gasteiger partial charge is 0.266 e. The van der Waals surface area contributed by atoms with Crippen molar-refractivity contribution < 1.29 is 4.79 Å². The van der Waals surface area contributed by atoms with E-state index in [2.05, 4.69) is 12.0 Å². The van der Waals surface area contributed by atoms with Gasteiger partial charge in [0.25, 0.3) is 5.91 Å². The molecule has 1 aliphatic rings. The van der Waals surface area contributed by atoms with Crippen LogP contribution in [0.3, 0.4) is 0 Å². The number of aryl methyl sites for hydroxylation is 2. The lowest BCUT2D eigenvalue weighted by atomic mass is 10.2. The van der Waals surface area contributed by atoms with Gasteiger partial charge in [0.05, 0.1) is 16.8 Å². The molecule has 2 N–H and O–H groups in total. The molecule has 2 aromatic heterocycles. The van der Waals surface area contributed by atoms with Crippen LogP contribution in [0.1, 0.15) is 41.6 Å². The number of carbonyl (C=O) groups excluding carboxylic acids is 1. The average molecular weight is 306 g/mol. The lowest BCUT2D eigenvalue weighted by Gasteiger charge is -2.21. The van der Waals surface area contributed by atoms with E-state index in [9.17, 15) is 4.79 Å². The van der Waals surface area contributed by atoms with Crippen molar-refractivity contribution in [1.82, 2.24) is 14.7 Å². The molecule has 2 aromatic rings. The summed E-state index contributed by atoms with van der Waals surface area (Å²) >= 11 is 1.47. The molecule has 1 amide bonds. The Balaban J connectivity index is 1.95. The number of aromatic nitrogens is 2. The molecule has 1 fully saturated rings. The zero-order valence-electron chi connectivity index (χ0n) is 12.8. The highest BCUT2D eigenvalue weighted by Gasteiger charge is 2.29. The summed E-state index contributed by atoms with van der Waals surface area (Å²) in [6.45, 7) is 5.72. The second-order valence-electron chi connectivity index (χ2n) is 5.93. The summed E-state index contributed by atoms with van der Waals surface area (Å²) in [6.07, 6.45) is 3.47. The van der Waals surface area contributed by atoms with Crippen molar-refractivity contribution >= 4 is 33.1 Å². The van der Waals surface area contributed by atoms with Gasteiger partial charge < -0.3 is 10.6 Å². The highest BCUT2D eigenvalue weighted by atomic mass is 32.1. The van der Waals surface area contributed by atoms with Crippen molar-refractivity contribution in [2.24, 2.45) is 13.0 Å². The number of anilines is 1. The number of hydrogen-bond acceptors (Lipinski definition) is 4. The van der Waals surface area contributed by atoms with Crippen LogP contribution >= 0.6 is 11.3 Å². The maximum Gasteiger partial charge on any atom is 0.266 e. The van der Waals surface area contributed by atoms with Gasteiger partial charge in [-0.1, -0.05) is 6.92 Å². The minimum absolute atomic E-state index is 0.0850. The van der Waals surface area contributed by atoms with Crippen LogP contribution in [0.25, 0.3) is 10.2 Å². The lowest BCUT2D eigenvalue weighted by Crippen LogP contribution is -2.33. The Morgan fingerprint density at radius 1 is 1.52 bits per heavy atom. The molecule has 6 heteroatoms. The Morgan fingerprint density at radius 3 is 2.81 bits per heavy atom. The number of nitrogen functional groups attached to an aromatic ring is 1. The molecule has 2 heterocycles. The van der Waals surface area contributed by atoms with Crippen LogP contribution in [-0.4, -0.2) is 33.7 Å². The van der Waals surface area contributed by atoms with Crippen molar-refractivity contribution in [3.8, 4) is 0 Å². The van der Waals surface area contributed by atoms with E-state index in [1.165, 1.54) is 24.2 Å². The van der Waals surface area contributed by atoms with Gasteiger partial charge in [-0.3, -0.25) is 9.48 Å². The minimum Gasteiger partial charge on any atom is -0.397 e. The number of fused-ring (bicyclic) bond motifs is 1. The predicted octanol–water partition coefficient (Wildman–Crippen LogP) is 2.79. The second-order valence-corrected chi connectivity index (χ2v) is 6.93. The molecule has 1 aliphatic carbocycles. The van der Waals surface area contributed by atoms with Crippen LogP contribution in [-0.2, 0) is 7.05 Å². The van der Waals surface area contributed by atoms with Crippen molar-refractivity contribution in [3.63, 3.8) is 0 Å².